The van der Waals surface area contributed by atoms with Gasteiger partial charge in [-0.3, -0.25) is 0 Å². The molecule has 3 heterocycles. The second-order valence-corrected chi connectivity index (χ2v) is 5.04. The zero-order valence-electron chi connectivity index (χ0n) is 11.0. The average Bonchev–Trinajstić information content (AvgIpc) is 3.12. The van der Waals surface area contributed by atoms with E-state index in [0.29, 0.717) is 0 Å². The molecule has 1 aliphatic rings. The largest absolute Gasteiger partial charge is 0.493 e. The first-order chi connectivity index (χ1) is 9.84. The summed E-state index contributed by atoms with van der Waals surface area (Å²) >= 11 is 0. The highest BCUT2D eigenvalue weighted by Gasteiger charge is 2.22. The lowest BCUT2D eigenvalue weighted by atomic mass is 9.97. The molecule has 100 valence electrons. The van der Waals surface area contributed by atoms with Crippen molar-refractivity contribution >= 4 is 5.52 Å². The third kappa shape index (κ3) is 1.62. The highest BCUT2D eigenvalue weighted by atomic mass is 16.5. The summed E-state index contributed by atoms with van der Waals surface area (Å²) in [5.41, 5.74) is 10.8. The van der Waals surface area contributed by atoms with E-state index in [2.05, 4.69) is 17.2 Å². The fourth-order valence-electron chi connectivity index (χ4n) is 2.85. The zero-order chi connectivity index (χ0) is 13.5. The standard InChI is InChI=1S/C16H15N3O/c17-15(12-5-3-4-11-7-9-20-16(11)12)13-10-18-19-8-2-1-6-14(13)19/h1-6,8,10,15H,7,9,17H2. The predicted octanol–water partition coefficient (Wildman–Crippen LogP) is 2.32. The van der Waals surface area contributed by atoms with E-state index >= 15 is 0 Å². The van der Waals surface area contributed by atoms with Gasteiger partial charge >= 0.3 is 0 Å². The molecule has 4 nitrogen and oxygen atoms in total. The highest BCUT2D eigenvalue weighted by Crippen LogP contribution is 2.35. The summed E-state index contributed by atoms with van der Waals surface area (Å²) in [6.07, 6.45) is 4.73. The van der Waals surface area contributed by atoms with E-state index in [1.165, 1.54) is 5.56 Å². The number of nitrogens with zero attached hydrogens (tertiary/aromatic N) is 2. The minimum Gasteiger partial charge on any atom is -0.493 e. The Balaban J connectivity index is 1.85. The fourth-order valence-corrected chi connectivity index (χ4v) is 2.85. The molecule has 0 fully saturated rings. The third-order valence-electron chi connectivity index (χ3n) is 3.87. The molecule has 20 heavy (non-hydrogen) atoms. The van der Waals surface area contributed by atoms with E-state index < -0.39 is 0 Å². The average molecular weight is 265 g/mol. The van der Waals surface area contributed by atoms with Crippen LogP contribution in [-0.2, 0) is 6.42 Å². The molecule has 0 bridgehead atoms. The van der Waals surface area contributed by atoms with Gasteiger partial charge in [-0.15, -0.1) is 0 Å². The van der Waals surface area contributed by atoms with Crippen LogP contribution >= 0.6 is 0 Å². The van der Waals surface area contributed by atoms with E-state index in [9.17, 15) is 0 Å². The lowest BCUT2D eigenvalue weighted by Crippen LogP contribution is -2.12. The van der Waals surface area contributed by atoms with E-state index in [1.54, 1.807) is 0 Å². The molecule has 0 saturated heterocycles. The zero-order valence-corrected chi connectivity index (χ0v) is 11.0. The number of fused-ring (bicyclic) bond motifs is 2. The number of para-hydroxylation sites is 1. The van der Waals surface area contributed by atoms with Gasteiger partial charge in [0.2, 0.25) is 0 Å². The van der Waals surface area contributed by atoms with Crippen LogP contribution in [0, 0.1) is 0 Å². The Hall–Kier alpha value is -2.33. The molecule has 0 spiro atoms. The summed E-state index contributed by atoms with van der Waals surface area (Å²) < 4.78 is 7.60. The lowest BCUT2D eigenvalue weighted by molar-refractivity contribution is 0.352. The molecule has 0 aliphatic carbocycles. The van der Waals surface area contributed by atoms with Crippen LogP contribution in [0.2, 0.25) is 0 Å². The number of ether oxygens (including phenoxy) is 1. The number of hydrogen-bond donors (Lipinski definition) is 1. The van der Waals surface area contributed by atoms with Crippen molar-refractivity contribution in [1.82, 2.24) is 9.61 Å². The maximum atomic E-state index is 6.47. The van der Waals surface area contributed by atoms with Crippen LogP contribution in [0.3, 0.4) is 0 Å². The van der Waals surface area contributed by atoms with Crippen molar-refractivity contribution < 1.29 is 4.74 Å². The van der Waals surface area contributed by atoms with Crippen LogP contribution in [0.4, 0.5) is 0 Å². The van der Waals surface area contributed by atoms with Gasteiger partial charge in [-0.1, -0.05) is 24.3 Å². The van der Waals surface area contributed by atoms with Crippen molar-refractivity contribution in [3.8, 4) is 5.75 Å². The van der Waals surface area contributed by atoms with Crippen LogP contribution in [0.5, 0.6) is 5.75 Å². The molecule has 1 atom stereocenters. The summed E-state index contributed by atoms with van der Waals surface area (Å²) in [6, 6.07) is 12.0. The Morgan fingerprint density at radius 2 is 2.10 bits per heavy atom. The number of benzene rings is 1. The molecule has 0 amide bonds. The Morgan fingerprint density at radius 1 is 1.15 bits per heavy atom. The fraction of sp³-hybridized carbons (Fsp3) is 0.188. The minimum absolute atomic E-state index is 0.219. The monoisotopic (exact) mass is 265 g/mol. The maximum Gasteiger partial charge on any atom is 0.127 e. The number of rotatable bonds is 2. The summed E-state index contributed by atoms with van der Waals surface area (Å²) in [5.74, 6) is 0.954. The van der Waals surface area contributed by atoms with Crippen LogP contribution in [0.15, 0.2) is 48.8 Å². The Labute approximate surface area is 116 Å². The molecule has 3 aromatic rings. The molecular weight excluding hydrogens is 250 g/mol. The molecule has 2 aromatic heterocycles. The van der Waals surface area contributed by atoms with Gasteiger partial charge in [0.05, 0.1) is 24.4 Å². The van der Waals surface area contributed by atoms with Crippen molar-refractivity contribution in [2.45, 2.75) is 12.5 Å². The van der Waals surface area contributed by atoms with Gasteiger partial charge in [0.1, 0.15) is 5.75 Å². The summed E-state index contributed by atoms with van der Waals surface area (Å²) in [6.45, 7) is 0.744. The molecule has 4 rings (SSSR count). The predicted molar refractivity (Wildman–Crippen MR) is 76.9 cm³/mol. The van der Waals surface area contributed by atoms with Gasteiger partial charge in [0, 0.05) is 23.7 Å². The van der Waals surface area contributed by atoms with Crippen LogP contribution in [0.1, 0.15) is 22.7 Å². The van der Waals surface area contributed by atoms with Gasteiger partial charge in [0.15, 0.2) is 0 Å². The topological polar surface area (TPSA) is 52.5 Å². The number of aromatic nitrogens is 2. The molecule has 0 saturated carbocycles. The molecule has 1 aromatic carbocycles. The van der Waals surface area contributed by atoms with Crippen LogP contribution in [-0.4, -0.2) is 16.2 Å². The molecule has 0 radical (unpaired) electrons. The molecule has 2 N–H and O–H groups in total. The Kier molecular flexibility index (Phi) is 2.50. The van der Waals surface area contributed by atoms with Gasteiger partial charge in [-0.05, 0) is 17.7 Å². The van der Waals surface area contributed by atoms with Crippen molar-refractivity contribution in [1.29, 1.82) is 0 Å². The summed E-state index contributed by atoms with van der Waals surface area (Å²) in [7, 11) is 0. The molecule has 1 aliphatic heterocycles. The normalized spacial score (nSPS) is 15.1. The highest BCUT2D eigenvalue weighted by molar-refractivity contribution is 5.59. The molecule has 1 unspecified atom stereocenters. The summed E-state index contributed by atoms with van der Waals surface area (Å²) in [5, 5.41) is 4.35. The van der Waals surface area contributed by atoms with Gasteiger partial charge in [0.25, 0.3) is 0 Å². The van der Waals surface area contributed by atoms with Crippen LogP contribution in [0.25, 0.3) is 5.52 Å². The van der Waals surface area contributed by atoms with Crippen molar-refractivity contribution in [2.24, 2.45) is 5.73 Å². The first-order valence-electron chi connectivity index (χ1n) is 6.77. The smallest absolute Gasteiger partial charge is 0.127 e. The van der Waals surface area contributed by atoms with Gasteiger partial charge in [-0.2, -0.15) is 5.10 Å². The van der Waals surface area contributed by atoms with Gasteiger partial charge < -0.3 is 10.5 Å². The van der Waals surface area contributed by atoms with E-state index in [4.69, 9.17) is 10.5 Å². The van der Waals surface area contributed by atoms with E-state index in [-0.39, 0.29) is 6.04 Å². The SMILES string of the molecule is NC(c1cccc2c1OCC2)c1cnn2ccccc12. The Morgan fingerprint density at radius 3 is 3.05 bits per heavy atom. The quantitative estimate of drug-likeness (QED) is 0.773. The molecule has 4 heteroatoms. The van der Waals surface area contributed by atoms with E-state index in [1.807, 2.05) is 41.2 Å². The third-order valence-corrected chi connectivity index (χ3v) is 3.87. The second kappa shape index (κ2) is 4.35. The first-order valence-corrected chi connectivity index (χ1v) is 6.77. The maximum absolute atomic E-state index is 6.47. The van der Waals surface area contributed by atoms with Gasteiger partial charge in [-0.25, -0.2) is 4.52 Å². The number of pyridine rings is 1. The molecular formula is C16H15N3O. The number of nitrogens with two attached hydrogens (primary N) is 1. The van der Waals surface area contributed by atoms with Crippen molar-refractivity contribution in [3.63, 3.8) is 0 Å². The Bertz CT molecular complexity index is 778. The number of hydrogen-bond acceptors (Lipinski definition) is 3. The second-order valence-electron chi connectivity index (χ2n) is 5.04. The van der Waals surface area contributed by atoms with Crippen molar-refractivity contribution in [3.05, 3.63) is 65.5 Å². The minimum atomic E-state index is -0.219. The lowest BCUT2D eigenvalue weighted by Gasteiger charge is -2.14. The first kappa shape index (κ1) is 11.5. The van der Waals surface area contributed by atoms with Crippen LogP contribution < -0.4 is 10.5 Å². The summed E-state index contributed by atoms with van der Waals surface area (Å²) in [4.78, 5) is 0. The van der Waals surface area contributed by atoms with E-state index in [0.717, 1.165) is 35.4 Å². The van der Waals surface area contributed by atoms with Crippen molar-refractivity contribution in [2.75, 3.05) is 6.61 Å².